The third kappa shape index (κ3) is 1.66. The van der Waals surface area contributed by atoms with Gasteiger partial charge in [0.1, 0.15) is 0 Å². The molecule has 1 heteroatoms. The fourth-order valence-corrected chi connectivity index (χ4v) is 2.82. The third-order valence-electron chi connectivity index (χ3n) is 3.50. The summed E-state index contributed by atoms with van der Waals surface area (Å²) in [5, 5.41) is 0. The van der Waals surface area contributed by atoms with E-state index in [-0.39, 0.29) is 0 Å². The van der Waals surface area contributed by atoms with E-state index in [1.807, 2.05) is 0 Å². The van der Waals surface area contributed by atoms with Gasteiger partial charge in [0.15, 0.2) is 0 Å². The first-order chi connectivity index (χ1) is 5.81. The van der Waals surface area contributed by atoms with E-state index in [9.17, 15) is 0 Å². The van der Waals surface area contributed by atoms with Crippen molar-refractivity contribution in [3.8, 4) is 0 Å². The molecule has 1 saturated carbocycles. The largest absolute Gasteiger partial charge is 0.375 e. The van der Waals surface area contributed by atoms with Gasteiger partial charge in [-0.3, -0.25) is 0 Å². The fourth-order valence-electron chi connectivity index (χ4n) is 2.82. The first kappa shape index (κ1) is 8.55. The molecule has 0 bridgehead atoms. The molecule has 0 N–H and O–H groups in total. The molecule has 1 saturated heterocycles. The van der Waals surface area contributed by atoms with Crippen LogP contribution in [0.5, 0.6) is 0 Å². The molecule has 0 aromatic carbocycles. The van der Waals surface area contributed by atoms with Crippen molar-refractivity contribution in [2.45, 2.75) is 57.5 Å². The minimum Gasteiger partial charge on any atom is -0.375 e. The predicted molar refractivity (Wildman–Crippen MR) is 50.2 cm³/mol. The first-order valence-electron chi connectivity index (χ1n) is 5.45. The lowest BCUT2D eigenvalue weighted by atomic mass is 9.77. The number of hydrogen-bond acceptors (Lipinski definition) is 1. The van der Waals surface area contributed by atoms with Gasteiger partial charge in [0.05, 0.1) is 5.60 Å². The van der Waals surface area contributed by atoms with Crippen LogP contribution in [0.4, 0.5) is 0 Å². The summed E-state index contributed by atoms with van der Waals surface area (Å²) in [6.45, 7) is 3.39. The van der Waals surface area contributed by atoms with E-state index in [0.29, 0.717) is 5.60 Å². The third-order valence-corrected chi connectivity index (χ3v) is 3.50. The van der Waals surface area contributed by atoms with Crippen LogP contribution in [-0.2, 0) is 4.74 Å². The van der Waals surface area contributed by atoms with E-state index >= 15 is 0 Å². The molecule has 0 radical (unpaired) electrons. The summed E-state index contributed by atoms with van der Waals surface area (Å²) in [5.74, 6) is 0.900. The number of hydrogen-bond donors (Lipinski definition) is 0. The zero-order valence-corrected chi connectivity index (χ0v) is 8.14. The Morgan fingerprint density at radius 3 is 2.58 bits per heavy atom. The topological polar surface area (TPSA) is 9.23 Å². The number of rotatable bonds is 0. The van der Waals surface area contributed by atoms with E-state index < -0.39 is 0 Å². The van der Waals surface area contributed by atoms with Gasteiger partial charge >= 0.3 is 0 Å². The lowest BCUT2D eigenvalue weighted by Gasteiger charge is -2.42. The van der Waals surface area contributed by atoms with E-state index in [0.717, 1.165) is 12.5 Å². The summed E-state index contributed by atoms with van der Waals surface area (Å²) >= 11 is 0. The van der Waals surface area contributed by atoms with Gasteiger partial charge in [0.25, 0.3) is 0 Å². The average Bonchev–Trinajstić information content (AvgIpc) is 2.05. The van der Waals surface area contributed by atoms with Crippen LogP contribution in [0.25, 0.3) is 0 Å². The van der Waals surface area contributed by atoms with Crippen molar-refractivity contribution >= 4 is 0 Å². The zero-order valence-electron chi connectivity index (χ0n) is 8.14. The molecule has 1 atom stereocenters. The van der Waals surface area contributed by atoms with Gasteiger partial charge in [-0.1, -0.05) is 26.2 Å². The molecule has 1 aliphatic carbocycles. The van der Waals surface area contributed by atoms with Crippen molar-refractivity contribution in [3.05, 3.63) is 0 Å². The second kappa shape index (κ2) is 3.37. The molecule has 12 heavy (non-hydrogen) atoms. The van der Waals surface area contributed by atoms with Gasteiger partial charge in [-0.2, -0.15) is 0 Å². The molecule has 1 unspecified atom stereocenters. The minimum atomic E-state index is 0.329. The summed E-state index contributed by atoms with van der Waals surface area (Å²) in [7, 11) is 0. The zero-order chi connectivity index (χ0) is 8.44. The van der Waals surface area contributed by atoms with Gasteiger partial charge in [0.2, 0.25) is 0 Å². The first-order valence-corrected chi connectivity index (χ1v) is 5.45. The minimum absolute atomic E-state index is 0.329. The molecule has 2 aliphatic rings. The quantitative estimate of drug-likeness (QED) is 0.540. The van der Waals surface area contributed by atoms with Crippen LogP contribution in [0.1, 0.15) is 51.9 Å². The maximum atomic E-state index is 5.98. The van der Waals surface area contributed by atoms with E-state index in [1.54, 1.807) is 0 Å². The SMILES string of the molecule is CC1CCOC2(CCCCC2)C1. The maximum absolute atomic E-state index is 5.98. The van der Waals surface area contributed by atoms with Crippen LogP contribution in [-0.4, -0.2) is 12.2 Å². The Morgan fingerprint density at radius 2 is 1.92 bits per heavy atom. The van der Waals surface area contributed by atoms with E-state index in [2.05, 4.69) is 6.92 Å². The molecular formula is C11H20O. The summed E-state index contributed by atoms with van der Waals surface area (Å²) in [6.07, 6.45) is 9.49. The highest BCUT2D eigenvalue weighted by atomic mass is 16.5. The highest BCUT2D eigenvalue weighted by Crippen LogP contribution is 2.40. The molecule has 1 heterocycles. The molecule has 1 nitrogen and oxygen atoms in total. The van der Waals surface area contributed by atoms with Gasteiger partial charge in [-0.05, 0) is 31.6 Å². The predicted octanol–water partition coefficient (Wildman–Crippen LogP) is 3.14. The van der Waals surface area contributed by atoms with Crippen molar-refractivity contribution in [2.75, 3.05) is 6.61 Å². The standard InChI is InChI=1S/C11H20O/c1-10-5-8-12-11(9-10)6-3-2-4-7-11/h10H,2-9H2,1H3. The van der Waals surface area contributed by atoms with Crippen molar-refractivity contribution in [3.63, 3.8) is 0 Å². The Kier molecular flexibility index (Phi) is 2.40. The van der Waals surface area contributed by atoms with Gasteiger partial charge in [0, 0.05) is 6.61 Å². The Morgan fingerprint density at radius 1 is 1.17 bits per heavy atom. The highest BCUT2D eigenvalue weighted by molar-refractivity contribution is 4.88. The maximum Gasteiger partial charge on any atom is 0.0685 e. The molecular weight excluding hydrogens is 148 g/mol. The van der Waals surface area contributed by atoms with E-state index in [1.165, 1.54) is 44.9 Å². The van der Waals surface area contributed by atoms with Crippen LogP contribution >= 0.6 is 0 Å². The lowest BCUT2D eigenvalue weighted by Crippen LogP contribution is -2.40. The Balaban J connectivity index is 1.97. The molecule has 70 valence electrons. The lowest BCUT2D eigenvalue weighted by molar-refractivity contribution is -0.114. The van der Waals surface area contributed by atoms with Gasteiger partial charge in [-0.15, -0.1) is 0 Å². The second-order valence-electron chi connectivity index (χ2n) is 4.69. The Labute approximate surface area is 75.5 Å². The molecule has 0 aromatic rings. The van der Waals surface area contributed by atoms with Crippen LogP contribution < -0.4 is 0 Å². The van der Waals surface area contributed by atoms with Crippen LogP contribution in [0, 0.1) is 5.92 Å². The van der Waals surface area contributed by atoms with Crippen molar-refractivity contribution in [2.24, 2.45) is 5.92 Å². The van der Waals surface area contributed by atoms with Crippen LogP contribution in [0.3, 0.4) is 0 Å². The number of ether oxygens (including phenoxy) is 1. The summed E-state index contributed by atoms with van der Waals surface area (Å²) in [5.41, 5.74) is 0.329. The Hall–Kier alpha value is -0.0400. The second-order valence-corrected chi connectivity index (χ2v) is 4.69. The van der Waals surface area contributed by atoms with Crippen LogP contribution in [0.15, 0.2) is 0 Å². The summed E-state index contributed by atoms with van der Waals surface area (Å²) in [4.78, 5) is 0. The molecule has 1 aliphatic heterocycles. The molecule has 2 fully saturated rings. The van der Waals surface area contributed by atoms with Crippen molar-refractivity contribution in [1.29, 1.82) is 0 Å². The normalized spacial score (nSPS) is 35.2. The Bertz CT molecular complexity index is 142. The van der Waals surface area contributed by atoms with Gasteiger partial charge < -0.3 is 4.74 Å². The molecule has 0 amide bonds. The highest BCUT2D eigenvalue weighted by Gasteiger charge is 2.36. The smallest absolute Gasteiger partial charge is 0.0685 e. The summed E-state index contributed by atoms with van der Waals surface area (Å²) in [6, 6.07) is 0. The van der Waals surface area contributed by atoms with E-state index in [4.69, 9.17) is 4.74 Å². The van der Waals surface area contributed by atoms with Crippen LogP contribution in [0.2, 0.25) is 0 Å². The molecule has 2 rings (SSSR count). The van der Waals surface area contributed by atoms with Crippen molar-refractivity contribution < 1.29 is 4.74 Å². The van der Waals surface area contributed by atoms with Gasteiger partial charge in [-0.25, -0.2) is 0 Å². The monoisotopic (exact) mass is 168 g/mol. The summed E-state index contributed by atoms with van der Waals surface area (Å²) < 4.78 is 5.98. The molecule has 1 spiro atoms. The fraction of sp³-hybridized carbons (Fsp3) is 1.00. The molecule has 0 aromatic heterocycles. The van der Waals surface area contributed by atoms with Crippen molar-refractivity contribution in [1.82, 2.24) is 0 Å². The average molecular weight is 168 g/mol.